The van der Waals surface area contributed by atoms with Crippen molar-refractivity contribution in [3.8, 4) is 11.5 Å². The predicted octanol–water partition coefficient (Wildman–Crippen LogP) is 4.51. The van der Waals surface area contributed by atoms with Crippen molar-refractivity contribution in [3.05, 3.63) is 76.5 Å². The normalized spacial score (nSPS) is 17.7. The molecule has 3 amide bonds. The lowest BCUT2D eigenvalue weighted by molar-refractivity contribution is 0.0595. The lowest BCUT2D eigenvalue weighted by Gasteiger charge is -2.23. The zero-order chi connectivity index (χ0) is 26.6. The second kappa shape index (κ2) is 9.16. The van der Waals surface area contributed by atoms with Crippen LogP contribution < -0.4 is 20.1 Å². The number of imide groups is 1. The minimum Gasteiger partial charge on any atom is -0.493 e. The number of ether oxygens (including phenoxy) is 2. The van der Waals surface area contributed by atoms with Crippen LogP contribution in [0.15, 0.2) is 48.7 Å². The summed E-state index contributed by atoms with van der Waals surface area (Å²) >= 11 is 0. The first-order valence-electron chi connectivity index (χ1n) is 12.8. The lowest BCUT2D eigenvalue weighted by Crippen LogP contribution is -2.32. The smallest absolute Gasteiger partial charge is 0.263 e. The topological polar surface area (TPSA) is 115 Å². The van der Waals surface area contributed by atoms with Gasteiger partial charge < -0.3 is 20.1 Å². The predicted molar refractivity (Wildman–Crippen MR) is 140 cm³/mol. The summed E-state index contributed by atoms with van der Waals surface area (Å²) in [7, 11) is 1.61. The molecule has 2 aliphatic heterocycles. The van der Waals surface area contributed by atoms with Crippen LogP contribution >= 0.6 is 0 Å². The van der Waals surface area contributed by atoms with E-state index in [0.29, 0.717) is 29.2 Å². The zero-order valence-electron chi connectivity index (χ0n) is 21.3. The fraction of sp³-hybridized carbons (Fsp3) is 0.310. The van der Waals surface area contributed by atoms with E-state index in [1.807, 2.05) is 30.3 Å². The Morgan fingerprint density at radius 3 is 2.45 bits per heavy atom. The van der Waals surface area contributed by atoms with Crippen LogP contribution in [0.25, 0.3) is 0 Å². The maximum atomic E-state index is 13.5. The number of amides is 3. The molecule has 0 bridgehead atoms. The fourth-order valence-electron chi connectivity index (χ4n) is 5.57. The van der Waals surface area contributed by atoms with Gasteiger partial charge in [-0.3, -0.25) is 19.3 Å². The van der Waals surface area contributed by atoms with Crippen molar-refractivity contribution in [2.75, 3.05) is 17.7 Å². The molecule has 1 fully saturated rings. The van der Waals surface area contributed by atoms with Crippen molar-refractivity contribution in [3.63, 3.8) is 0 Å². The number of hydrogen-bond acceptors (Lipinski definition) is 7. The molecule has 1 saturated carbocycles. The third-order valence-electron chi connectivity index (χ3n) is 7.69. The van der Waals surface area contributed by atoms with Gasteiger partial charge >= 0.3 is 0 Å². The number of hydrogen-bond donors (Lipinski definition) is 1. The summed E-state index contributed by atoms with van der Waals surface area (Å²) in [5.74, 6) is 0.456. The highest BCUT2D eigenvalue weighted by molar-refractivity contribution is 6.21. The summed E-state index contributed by atoms with van der Waals surface area (Å²) in [6.07, 6.45) is 5.82. The van der Waals surface area contributed by atoms with Gasteiger partial charge in [0.25, 0.3) is 17.7 Å². The van der Waals surface area contributed by atoms with Crippen molar-refractivity contribution >= 4 is 29.2 Å². The van der Waals surface area contributed by atoms with Crippen molar-refractivity contribution in [1.82, 2.24) is 9.88 Å². The van der Waals surface area contributed by atoms with E-state index in [2.05, 4.69) is 4.98 Å². The number of benzene rings is 2. The Kier molecular flexibility index (Phi) is 5.78. The van der Waals surface area contributed by atoms with E-state index in [1.165, 1.54) is 17.2 Å². The van der Waals surface area contributed by atoms with Crippen molar-refractivity contribution < 1.29 is 23.9 Å². The molecule has 0 saturated heterocycles. The van der Waals surface area contributed by atoms with Gasteiger partial charge in [-0.05, 0) is 68.0 Å². The first-order valence-corrected chi connectivity index (χ1v) is 12.8. The van der Waals surface area contributed by atoms with Crippen molar-refractivity contribution in [2.45, 2.75) is 51.3 Å². The van der Waals surface area contributed by atoms with Crippen LogP contribution in [-0.2, 0) is 6.54 Å². The van der Waals surface area contributed by atoms with Crippen LogP contribution in [0.4, 0.5) is 11.5 Å². The third-order valence-corrected chi connectivity index (χ3v) is 7.69. The second-order valence-electron chi connectivity index (χ2n) is 9.98. The van der Waals surface area contributed by atoms with Gasteiger partial charge in [0.05, 0.1) is 36.9 Å². The summed E-state index contributed by atoms with van der Waals surface area (Å²) in [6, 6.07) is 11.9. The highest BCUT2D eigenvalue weighted by Crippen LogP contribution is 2.39. The Labute approximate surface area is 220 Å². The molecule has 194 valence electrons. The molecule has 1 aliphatic carbocycles. The van der Waals surface area contributed by atoms with Gasteiger partial charge in [0.2, 0.25) is 0 Å². The summed E-state index contributed by atoms with van der Waals surface area (Å²) in [5, 5.41) is 0. The number of methoxy groups -OCH3 is 1. The number of carbonyl (C=O) groups excluding carboxylic acids is 3. The SMILES string of the molecule is COc1ccc(N2Cc3ccc(C(C)N4C(=O)c5cnc(N)cc5C4=O)cc3C2=O)cc1OC1CCCC1. The summed E-state index contributed by atoms with van der Waals surface area (Å²) in [6.45, 7) is 2.18. The first-order chi connectivity index (χ1) is 18.4. The third kappa shape index (κ3) is 3.86. The molecular formula is C29H28N4O5. The Morgan fingerprint density at radius 2 is 1.68 bits per heavy atom. The quantitative estimate of drug-likeness (QED) is 0.483. The molecule has 3 aliphatic rings. The highest BCUT2D eigenvalue weighted by atomic mass is 16.5. The molecular weight excluding hydrogens is 484 g/mol. The molecule has 9 nitrogen and oxygen atoms in total. The number of pyridine rings is 1. The number of rotatable bonds is 6. The summed E-state index contributed by atoms with van der Waals surface area (Å²) < 4.78 is 11.7. The number of aromatic nitrogens is 1. The minimum absolute atomic E-state index is 0.148. The van der Waals surface area contributed by atoms with Gasteiger partial charge in [0, 0.05) is 23.5 Å². The maximum absolute atomic E-state index is 13.5. The van der Waals surface area contributed by atoms with Gasteiger partial charge in [-0.25, -0.2) is 4.98 Å². The molecule has 1 atom stereocenters. The highest BCUT2D eigenvalue weighted by Gasteiger charge is 2.40. The van der Waals surface area contributed by atoms with E-state index < -0.39 is 17.9 Å². The molecule has 2 aromatic carbocycles. The van der Waals surface area contributed by atoms with Crippen LogP contribution in [0.5, 0.6) is 11.5 Å². The van der Waals surface area contributed by atoms with Gasteiger partial charge in [-0.1, -0.05) is 12.1 Å². The number of carbonyl (C=O) groups is 3. The minimum atomic E-state index is -0.580. The molecule has 9 heteroatoms. The van der Waals surface area contributed by atoms with Crippen molar-refractivity contribution in [2.24, 2.45) is 0 Å². The fourth-order valence-corrected chi connectivity index (χ4v) is 5.57. The molecule has 0 spiro atoms. The number of anilines is 2. The number of nitrogens with two attached hydrogens (primary N) is 1. The average Bonchev–Trinajstić information content (AvgIpc) is 3.61. The van der Waals surface area contributed by atoms with E-state index in [0.717, 1.165) is 36.9 Å². The van der Waals surface area contributed by atoms with Crippen LogP contribution in [-0.4, -0.2) is 40.8 Å². The standard InChI is InChI=1S/C29H28N4O5/c1-16(33-28(35)22-13-26(30)31-14-23(22)29(33)36)17-7-8-18-15-32(27(34)21(18)11-17)19-9-10-24(37-2)25(12-19)38-20-5-3-4-6-20/h7-14,16,20H,3-6,15H2,1-2H3,(H2,30,31). The average molecular weight is 513 g/mol. The molecule has 1 aromatic heterocycles. The van der Waals surface area contributed by atoms with E-state index in [-0.39, 0.29) is 29.0 Å². The zero-order valence-corrected chi connectivity index (χ0v) is 21.3. The molecule has 6 rings (SSSR count). The Balaban J connectivity index is 1.26. The van der Waals surface area contributed by atoms with E-state index in [9.17, 15) is 14.4 Å². The van der Waals surface area contributed by atoms with Gasteiger partial charge in [-0.2, -0.15) is 0 Å². The number of fused-ring (bicyclic) bond motifs is 2. The maximum Gasteiger partial charge on any atom is 0.263 e. The molecule has 3 aromatic rings. The Bertz CT molecular complexity index is 1480. The lowest BCUT2D eigenvalue weighted by atomic mass is 10.0. The van der Waals surface area contributed by atoms with Crippen LogP contribution in [0.2, 0.25) is 0 Å². The van der Waals surface area contributed by atoms with Gasteiger partial charge in [0.15, 0.2) is 11.5 Å². The van der Waals surface area contributed by atoms with Crippen LogP contribution in [0, 0.1) is 0 Å². The molecule has 2 N–H and O–H groups in total. The van der Waals surface area contributed by atoms with E-state index in [1.54, 1.807) is 25.0 Å². The monoisotopic (exact) mass is 512 g/mol. The Morgan fingerprint density at radius 1 is 0.921 bits per heavy atom. The molecule has 38 heavy (non-hydrogen) atoms. The molecule has 0 radical (unpaired) electrons. The van der Waals surface area contributed by atoms with E-state index in [4.69, 9.17) is 15.2 Å². The van der Waals surface area contributed by atoms with Crippen molar-refractivity contribution in [1.29, 1.82) is 0 Å². The summed E-state index contributed by atoms with van der Waals surface area (Å²) in [4.78, 5) is 46.4. The Hall–Kier alpha value is -4.40. The number of nitrogens with zero attached hydrogens (tertiary/aromatic N) is 3. The van der Waals surface area contributed by atoms with Gasteiger partial charge in [-0.15, -0.1) is 0 Å². The van der Waals surface area contributed by atoms with Gasteiger partial charge in [0.1, 0.15) is 5.82 Å². The first kappa shape index (κ1) is 24.0. The molecule has 1 unspecified atom stereocenters. The summed E-state index contributed by atoms with van der Waals surface area (Å²) in [5.41, 5.74) is 9.03. The number of nitrogen functional groups attached to an aromatic ring is 1. The second-order valence-corrected chi connectivity index (χ2v) is 9.98. The van der Waals surface area contributed by atoms with E-state index >= 15 is 0 Å². The molecule has 3 heterocycles. The largest absolute Gasteiger partial charge is 0.493 e. The van der Waals surface area contributed by atoms with Crippen LogP contribution in [0.3, 0.4) is 0 Å². The van der Waals surface area contributed by atoms with Crippen LogP contribution in [0.1, 0.15) is 80.8 Å².